The molecule has 1 aromatic carbocycles. The topological polar surface area (TPSA) is 26.3 Å². The largest absolute Gasteiger partial charge is 0.482 e. The zero-order chi connectivity index (χ0) is 12.3. The smallest absolute Gasteiger partial charge is 0.173 e. The van der Waals surface area contributed by atoms with Gasteiger partial charge in [0.15, 0.2) is 11.9 Å². The van der Waals surface area contributed by atoms with Crippen molar-refractivity contribution in [1.29, 1.82) is 0 Å². The van der Waals surface area contributed by atoms with Crippen molar-refractivity contribution < 1.29 is 9.53 Å². The van der Waals surface area contributed by atoms with Gasteiger partial charge < -0.3 is 4.74 Å². The Bertz CT molecular complexity index is 369. The van der Waals surface area contributed by atoms with Gasteiger partial charge >= 0.3 is 0 Å². The van der Waals surface area contributed by atoms with Crippen molar-refractivity contribution in [2.75, 3.05) is 0 Å². The molecule has 0 amide bonds. The highest BCUT2D eigenvalue weighted by molar-refractivity contribution is 5.84. The fraction of sp³-hybridized carbons (Fsp3) is 0.533. The number of carbonyl (C=O) groups excluding carboxylic acids is 1. The zero-order valence-electron chi connectivity index (χ0n) is 10.6. The summed E-state index contributed by atoms with van der Waals surface area (Å²) < 4.78 is 5.71. The molecule has 0 radical (unpaired) electrons. The number of ether oxygens (including phenoxy) is 1. The van der Waals surface area contributed by atoms with Gasteiger partial charge in [-0.3, -0.25) is 4.79 Å². The maximum Gasteiger partial charge on any atom is 0.173 e. The van der Waals surface area contributed by atoms with E-state index >= 15 is 0 Å². The highest BCUT2D eigenvalue weighted by Gasteiger charge is 2.29. The first-order valence-corrected chi connectivity index (χ1v) is 6.51. The fourth-order valence-corrected chi connectivity index (χ4v) is 2.35. The predicted molar refractivity (Wildman–Crippen MR) is 68.3 cm³/mol. The Morgan fingerprint density at radius 2 is 2.06 bits per heavy atom. The van der Waals surface area contributed by atoms with E-state index in [1.807, 2.05) is 24.3 Å². The van der Waals surface area contributed by atoms with Crippen LogP contribution < -0.4 is 4.74 Å². The van der Waals surface area contributed by atoms with Crippen molar-refractivity contribution in [1.82, 2.24) is 0 Å². The lowest BCUT2D eigenvalue weighted by molar-refractivity contribution is -0.126. The third kappa shape index (κ3) is 2.68. The maximum absolute atomic E-state index is 12.1. The van der Waals surface area contributed by atoms with E-state index in [1.54, 1.807) is 0 Å². The van der Waals surface area contributed by atoms with Gasteiger partial charge in [-0.15, -0.1) is 0 Å². The van der Waals surface area contributed by atoms with E-state index in [4.69, 9.17) is 4.74 Å². The van der Waals surface area contributed by atoms with Crippen LogP contribution >= 0.6 is 0 Å². The average molecular weight is 232 g/mol. The Hall–Kier alpha value is -1.31. The maximum atomic E-state index is 12.1. The summed E-state index contributed by atoms with van der Waals surface area (Å²) in [6.07, 6.45) is 3.30. The highest BCUT2D eigenvalue weighted by Crippen LogP contribution is 2.29. The molecule has 0 aromatic heterocycles. The van der Waals surface area contributed by atoms with Crippen LogP contribution in [0.15, 0.2) is 24.3 Å². The molecule has 1 unspecified atom stereocenters. The van der Waals surface area contributed by atoms with Crippen molar-refractivity contribution >= 4 is 5.78 Å². The summed E-state index contributed by atoms with van der Waals surface area (Å²) >= 11 is 0. The standard InChI is InChI=1S/C15H20O2/c1-3-11(4-2)9-13(16)15-10-12-7-5-6-8-14(12)17-15/h5-8,11,15H,3-4,9-10H2,1-2H3. The van der Waals surface area contributed by atoms with Gasteiger partial charge in [0, 0.05) is 12.8 Å². The summed E-state index contributed by atoms with van der Waals surface area (Å²) in [4.78, 5) is 12.1. The van der Waals surface area contributed by atoms with E-state index in [1.165, 1.54) is 0 Å². The molecule has 2 rings (SSSR count). The summed E-state index contributed by atoms with van der Waals surface area (Å²) in [5.74, 6) is 1.65. The third-order valence-corrected chi connectivity index (χ3v) is 3.65. The number of Topliss-reactive ketones (excluding diaryl/α,β-unsaturated/α-hetero) is 1. The number of rotatable bonds is 5. The van der Waals surface area contributed by atoms with Crippen LogP contribution in [-0.2, 0) is 11.2 Å². The van der Waals surface area contributed by atoms with E-state index < -0.39 is 0 Å². The van der Waals surface area contributed by atoms with E-state index in [0.717, 1.165) is 30.6 Å². The minimum absolute atomic E-state index is 0.243. The van der Waals surface area contributed by atoms with Crippen LogP contribution in [0.2, 0.25) is 0 Å². The van der Waals surface area contributed by atoms with Crippen LogP contribution in [0.1, 0.15) is 38.7 Å². The quantitative estimate of drug-likeness (QED) is 0.778. The molecule has 0 aliphatic carbocycles. The van der Waals surface area contributed by atoms with Crippen LogP contribution in [0.3, 0.4) is 0 Å². The molecule has 1 heterocycles. The second-order valence-corrected chi connectivity index (χ2v) is 4.77. The molecule has 2 heteroatoms. The number of carbonyl (C=O) groups is 1. The van der Waals surface area contributed by atoms with Gasteiger partial charge in [-0.25, -0.2) is 0 Å². The Balaban J connectivity index is 1.96. The molecule has 0 saturated heterocycles. The molecular formula is C15H20O2. The number of para-hydroxylation sites is 1. The van der Waals surface area contributed by atoms with Gasteiger partial charge in [-0.05, 0) is 17.5 Å². The molecule has 17 heavy (non-hydrogen) atoms. The molecule has 1 aliphatic rings. The lowest BCUT2D eigenvalue weighted by Gasteiger charge is -2.14. The van der Waals surface area contributed by atoms with Gasteiger partial charge in [0.05, 0.1) is 0 Å². The zero-order valence-corrected chi connectivity index (χ0v) is 10.6. The molecule has 1 aromatic rings. The average Bonchev–Trinajstić information content (AvgIpc) is 2.79. The van der Waals surface area contributed by atoms with Gasteiger partial charge in [0.1, 0.15) is 5.75 Å². The molecule has 92 valence electrons. The van der Waals surface area contributed by atoms with Crippen LogP contribution in [0, 0.1) is 5.92 Å². The Morgan fingerprint density at radius 3 is 2.71 bits per heavy atom. The van der Waals surface area contributed by atoms with Gasteiger partial charge in [0.2, 0.25) is 0 Å². The number of fused-ring (bicyclic) bond motifs is 1. The van der Waals surface area contributed by atoms with E-state index in [2.05, 4.69) is 13.8 Å². The molecule has 1 aliphatic heterocycles. The first kappa shape index (κ1) is 12.2. The van der Waals surface area contributed by atoms with Crippen molar-refractivity contribution in [2.45, 2.75) is 45.6 Å². The third-order valence-electron chi connectivity index (χ3n) is 3.65. The van der Waals surface area contributed by atoms with Crippen LogP contribution in [0.5, 0.6) is 5.75 Å². The summed E-state index contributed by atoms with van der Waals surface area (Å²) in [6, 6.07) is 7.93. The number of benzene rings is 1. The van der Waals surface area contributed by atoms with E-state index in [-0.39, 0.29) is 11.9 Å². The van der Waals surface area contributed by atoms with Gasteiger partial charge in [-0.2, -0.15) is 0 Å². The van der Waals surface area contributed by atoms with E-state index in [9.17, 15) is 4.79 Å². The minimum Gasteiger partial charge on any atom is -0.482 e. The molecule has 1 atom stereocenters. The molecular weight excluding hydrogens is 212 g/mol. The highest BCUT2D eigenvalue weighted by atomic mass is 16.5. The number of ketones is 1. The van der Waals surface area contributed by atoms with Crippen molar-refractivity contribution in [3.63, 3.8) is 0 Å². The van der Waals surface area contributed by atoms with Gasteiger partial charge in [-0.1, -0.05) is 44.9 Å². The molecule has 0 saturated carbocycles. The number of hydrogen-bond donors (Lipinski definition) is 0. The number of hydrogen-bond acceptors (Lipinski definition) is 2. The van der Waals surface area contributed by atoms with Crippen molar-refractivity contribution in [3.05, 3.63) is 29.8 Å². The Labute approximate surface area is 103 Å². The molecule has 0 spiro atoms. The van der Waals surface area contributed by atoms with Crippen LogP contribution in [-0.4, -0.2) is 11.9 Å². The Morgan fingerprint density at radius 1 is 1.35 bits per heavy atom. The van der Waals surface area contributed by atoms with Gasteiger partial charge in [0.25, 0.3) is 0 Å². The molecule has 2 nitrogen and oxygen atoms in total. The first-order chi connectivity index (χ1) is 8.24. The first-order valence-electron chi connectivity index (χ1n) is 6.51. The summed E-state index contributed by atoms with van der Waals surface area (Å²) in [6.45, 7) is 4.29. The second-order valence-electron chi connectivity index (χ2n) is 4.77. The van der Waals surface area contributed by atoms with Crippen LogP contribution in [0.4, 0.5) is 0 Å². The SMILES string of the molecule is CCC(CC)CC(=O)C1Cc2ccccc2O1. The minimum atomic E-state index is -0.243. The van der Waals surface area contributed by atoms with Crippen LogP contribution in [0.25, 0.3) is 0 Å². The van der Waals surface area contributed by atoms with Crippen molar-refractivity contribution in [3.8, 4) is 5.75 Å². The lowest BCUT2D eigenvalue weighted by Crippen LogP contribution is -2.27. The molecule has 0 bridgehead atoms. The van der Waals surface area contributed by atoms with E-state index in [0.29, 0.717) is 12.3 Å². The predicted octanol–water partition coefficient (Wildman–Crippen LogP) is 3.39. The van der Waals surface area contributed by atoms with Crippen molar-refractivity contribution in [2.24, 2.45) is 5.92 Å². The molecule has 0 fully saturated rings. The summed E-state index contributed by atoms with van der Waals surface area (Å²) in [5.41, 5.74) is 1.16. The monoisotopic (exact) mass is 232 g/mol. The normalized spacial score (nSPS) is 17.9. The summed E-state index contributed by atoms with van der Waals surface area (Å²) in [5, 5.41) is 0. The molecule has 0 N–H and O–H groups in total. The fourth-order valence-electron chi connectivity index (χ4n) is 2.35. The Kier molecular flexibility index (Phi) is 3.82. The summed E-state index contributed by atoms with van der Waals surface area (Å²) in [7, 11) is 0. The second kappa shape index (κ2) is 5.35. The lowest BCUT2D eigenvalue weighted by atomic mass is 9.94.